The number of amides is 1. The number of hydrogen-bond acceptors (Lipinski definition) is 3. The Hall–Kier alpha value is -0.610. The molecule has 0 aliphatic heterocycles. The topological polar surface area (TPSA) is 58.4 Å². The molecule has 0 bridgehead atoms. The van der Waals surface area contributed by atoms with E-state index >= 15 is 0 Å². The van der Waals surface area contributed by atoms with E-state index in [1.165, 1.54) is 32.1 Å². The van der Waals surface area contributed by atoms with Crippen LogP contribution in [0.25, 0.3) is 0 Å². The number of rotatable bonds is 9. The normalized spacial score (nSPS) is 18.4. The van der Waals surface area contributed by atoms with E-state index in [2.05, 4.69) is 37.9 Å². The fourth-order valence-electron chi connectivity index (χ4n) is 2.98. The molecule has 0 heterocycles. The molecule has 0 spiro atoms. The smallest absolute Gasteiger partial charge is 0.235 e. The Labute approximate surface area is 124 Å². The van der Waals surface area contributed by atoms with Gasteiger partial charge in [0.05, 0.1) is 6.04 Å². The molecule has 20 heavy (non-hydrogen) atoms. The Morgan fingerprint density at radius 3 is 2.30 bits per heavy atom. The molecule has 1 amide bonds. The molecular weight excluding hydrogens is 250 g/mol. The summed E-state index contributed by atoms with van der Waals surface area (Å²) < 4.78 is 0. The molecular formula is C16H33N3O. The maximum Gasteiger partial charge on any atom is 0.235 e. The van der Waals surface area contributed by atoms with Gasteiger partial charge in [-0.3, -0.25) is 9.69 Å². The highest BCUT2D eigenvalue weighted by Crippen LogP contribution is 2.24. The Bertz CT molecular complexity index is 285. The van der Waals surface area contributed by atoms with Gasteiger partial charge < -0.3 is 11.1 Å². The van der Waals surface area contributed by atoms with Gasteiger partial charge in [-0.05, 0) is 31.7 Å². The Kier molecular flexibility index (Phi) is 7.52. The average molecular weight is 283 g/mol. The van der Waals surface area contributed by atoms with E-state index in [0.717, 1.165) is 13.1 Å². The molecule has 4 nitrogen and oxygen atoms in total. The van der Waals surface area contributed by atoms with Gasteiger partial charge in [-0.25, -0.2) is 0 Å². The molecule has 1 atom stereocenters. The summed E-state index contributed by atoms with van der Waals surface area (Å²) in [4.78, 5) is 14.2. The number of carbonyl (C=O) groups excluding carboxylic acids is 1. The first-order valence-electron chi connectivity index (χ1n) is 8.19. The van der Waals surface area contributed by atoms with Crippen molar-refractivity contribution in [2.45, 2.75) is 77.9 Å². The van der Waals surface area contributed by atoms with Crippen LogP contribution in [0.4, 0.5) is 0 Å². The van der Waals surface area contributed by atoms with Crippen LogP contribution in [0.3, 0.4) is 0 Å². The van der Waals surface area contributed by atoms with Crippen molar-refractivity contribution < 1.29 is 4.79 Å². The third-order valence-electron chi connectivity index (χ3n) is 4.13. The van der Waals surface area contributed by atoms with E-state index < -0.39 is 0 Å². The van der Waals surface area contributed by atoms with Crippen LogP contribution in [-0.2, 0) is 4.79 Å². The lowest BCUT2D eigenvalue weighted by atomic mass is 10.1. The number of carbonyl (C=O) groups is 1. The minimum atomic E-state index is -0.234. The molecule has 0 saturated heterocycles. The molecule has 1 rings (SSSR count). The van der Waals surface area contributed by atoms with Gasteiger partial charge in [0, 0.05) is 18.6 Å². The second-order valence-corrected chi connectivity index (χ2v) is 6.89. The number of nitrogens with zero attached hydrogens (tertiary/aromatic N) is 1. The first kappa shape index (κ1) is 17.4. The van der Waals surface area contributed by atoms with Gasteiger partial charge >= 0.3 is 0 Å². The number of nitrogens with two attached hydrogens (primary N) is 1. The Morgan fingerprint density at radius 2 is 1.85 bits per heavy atom. The summed E-state index contributed by atoms with van der Waals surface area (Å²) in [5.41, 5.74) is 5.56. The van der Waals surface area contributed by atoms with E-state index in [4.69, 9.17) is 5.73 Å². The summed E-state index contributed by atoms with van der Waals surface area (Å²) in [6.07, 6.45) is 6.36. The summed E-state index contributed by atoms with van der Waals surface area (Å²) in [6, 6.07) is 0.690. The van der Waals surface area contributed by atoms with Gasteiger partial charge in [0.15, 0.2) is 0 Å². The predicted molar refractivity (Wildman–Crippen MR) is 84.5 cm³/mol. The molecule has 1 unspecified atom stereocenters. The van der Waals surface area contributed by atoms with Gasteiger partial charge in [-0.1, -0.05) is 40.5 Å². The first-order chi connectivity index (χ1) is 9.40. The van der Waals surface area contributed by atoms with Gasteiger partial charge in [-0.2, -0.15) is 0 Å². The molecule has 1 fully saturated rings. The van der Waals surface area contributed by atoms with Gasteiger partial charge in [-0.15, -0.1) is 0 Å². The molecule has 1 saturated carbocycles. The maximum absolute atomic E-state index is 11.7. The third kappa shape index (κ3) is 6.23. The summed E-state index contributed by atoms with van der Waals surface area (Å²) >= 11 is 0. The summed E-state index contributed by atoms with van der Waals surface area (Å²) in [7, 11) is 0. The third-order valence-corrected chi connectivity index (χ3v) is 4.13. The van der Waals surface area contributed by atoms with Crippen LogP contribution < -0.4 is 11.1 Å². The quantitative estimate of drug-likeness (QED) is 0.681. The molecule has 118 valence electrons. The predicted octanol–water partition coefficient (Wildman–Crippen LogP) is 2.13. The van der Waals surface area contributed by atoms with E-state index in [9.17, 15) is 4.79 Å². The van der Waals surface area contributed by atoms with E-state index in [1.54, 1.807) is 0 Å². The van der Waals surface area contributed by atoms with Crippen molar-refractivity contribution in [3.05, 3.63) is 0 Å². The van der Waals surface area contributed by atoms with E-state index in [0.29, 0.717) is 12.0 Å². The number of nitrogens with one attached hydrogen (secondary N) is 1. The van der Waals surface area contributed by atoms with Crippen LogP contribution in [-0.4, -0.2) is 42.0 Å². The van der Waals surface area contributed by atoms with Crippen molar-refractivity contribution >= 4 is 5.91 Å². The minimum absolute atomic E-state index is 0.230. The second kappa shape index (κ2) is 8.63. The Morgan fingerprint density at radius 1 is 1.25 bits per heavy atom. The molecule has 0 aromatic carbocycles. The van der Waals surface area contributed by atoms with Crippen molar-refractivity contribution in [1.82, 2.24) is 10.2 Å². The maximum atomic E-state index is 11.7. The molecule has 3 N–H and O–H groups in total. The molecule has 1 aliphatic rings. The lowest BCUT2D eigenvalue weighted by Gasteiger charge is -2.33. The molecule has 0 radical (unpaired) electrons. The summed E-state index contributed by atoms with van der Waals surface area (Å²) in [6.45, 7) is 10.5. The SMILES string of the molecule is CC(C)CCN(CC(NC(C)C)C(N)=O)C1CCCC1. The molecule has 0 aromatic heterocycles. The first-order valence-corrected chi connectivity index (χ1v) is 8.19. The molecule has 1 aliphatic carbocycles. The largest absolute Gasteiger partial charge is 0.368 e. The van der Waals surface area contributed by atoms with E-state index in [1.807, 2.05) is 0 Å². The standard InChI is InChI=1S/C16H33N3O/c1-12(2)9-10-19(14-7-5-6-8-14)11-15(16(17)20)18-13(3)4/h12-15,18H,5-11H2,1-4H3,(H2,17,20). The zero-order chi connectivity index (χ0) is 15.1. The Balaban J connectivity index is 2.62. The highest BCUT2D eigenvalue weighted by atomic mass is 16.1. The zero-order valence-corrected chi connectivity index (χ0v) is 13.7. The van der Waals surface area contributed by atoms with Gasteiger partial charge in [0.2, 0.25) is 5.91 Å². The number of primary amides is 1. The van der Waals surface area contributed by atoms with Crippen LogP contribution >= 0.6 is 0 Å². The lowest BCUT2D eigenvalue weighted by molar-refractivity contribution is -0.120. The molecule has 0 aromatic rings. The monoisotopic (exact) mass is 283 g/mol. The van der Waals surface area contributed by atoms with Gasteiger partial charge in [0.1, 0.15) is 0 Å². The van der Waals surface area contributed by atoms with Crippen LogP contribution in [0.1, 0.15) is 59.8 Å². The van der Waals surface area contributed by atoms with Crippen LogP contribution in [0.5, 0.6) is 0 Å². The highest BCUT2D eigenvalue weighted by molar-refractivity contribution is 5.80. The summed E-state index contributed by atoms with van der Waals surface area (Å²) in [5, 5.41) is 3.30. The van der Waals surface area contributed by atoms with Crippen molar-refractivity contribution in [2.24, 2.45) is 11.7 Å². The number of hydrogen-bond donors (Lipinski definition) is 2. The molecule has 4 heteroatoms. The van der Waals surface area contributed by atoms with Crippen LogP contribution in [0.15, 0.2) is 0 Å². The highest BCUT2D eigenvalue weighted by Gasteiger charge is 2.27. The van der Waals surface area contributed by atoms with E-state index in [-0.39, 0.29) is 18.0 Å². The van der Waals surface area contributed by atoms with Crippen molar-refractivity contribution in [3.63, 3.8) is 0 Å². The summed E-state index contributed by atoms with van der Waals surface area (Å²) in [5.74, 6) is 0.468. The minimum Gasteiger partial charge on any atom is -0.368 e. The fourth-order valence-corrected chi connectivity index (χ4v) is 2.98. The van der Waals surface area contributed by atoms with Crippen molar-refractivity contribution in [2.75, 3.05) is 13.1 Å². The van der Waals surface area contributed by atoms with Crippen molar-refractivity contribution in [3.8, 4) is 0 Å². The average Bonchev–Trinajstić information content (AvgIpc) is 2.85. The van der Waals surface area contributed by atoms with Crippen LogP contribution in [0.2, 0.25) is 0 Å². The van der Waals surface area contributed by atoms with Gasteiger partial charge in [0.25, 0.3) is 0 Å². The second-order valence-electron chi connectivity index (χ2n) is 6.89. The zero-order valence-electron chi connectivity index (χ0n) is 13.7. The van der Waals surface area contributed by atoms with Crippen molar-refractivity contribution in [1.29, 1.82) is 0 Å². The fraction of sp³-hybridized carbons (Fsp3) is 0.938. The van der Waals surface area contributed by atoms with Crippen LogP contribution in [0, 0.1) is 5.92 Å². The lowest BCUT2D eigenvalue weighted by Crippen LogP contribution is -2.53.